The summed E-state index contributed by atoms with van der Waals surface area (Å²) in [6, 6.07) is 12.8. The van der Waals surface area contributed by atoms with Crippen molar-refractivity contribution in [3.63, 3.8) is 0 Å². The lowest BCUT2D eigenvalue weighted by Crippen LogP contribution is -2.40. The van der Waals surface area contributed by atoms with Crippen LogP contribution in [0.5, 0.6) is 5.75 Å². The molecular weight excluding hydrogens is 867 g/mol. The quantitative estimate of drug-likeness (QED) is 0.0808. The van der Waals surface area contributed by atoms with Gasteiger partial charge in [-0.05, 0) is 107 Å². The van der Waals surface area contributed by atoms with E-state index in [2.05, 4.69) is 50.2 Å². The lowest BCUT2D eigenvalue weighted by molar-refractivity contribution is -0.385. The van der Waals surface area contributed by atoms with E-state index in [0.717, 1.165) is 18.3 Å². The minimum absolute atomic E-state index is 0.114. The molecule has 0 fully saturated rings. The normalized spacial score (nSPS) is 14.6. The largest absolute Gasteiger partial charge is 0.487 e. The fourth-order valence-electron chi connectivity index (χ4n) is 4.84. The Morgan fingerprint density at radius 3 is 2.49 bits per heavy atom. The highest BCUT2D eigenvalue weighted by Crippen LogP contribution is 2.34. The van der Waals surface area contributed by atoms with E-state index in [-0.39, 0.29) is 30.0 Å². The fraction of sp³-hybridized carbons (Fsp3) is 0.194. The van der Waals surface area contributed by atoms with Crippen LogP contribution < -0.4 is 19.6 Å². The van der Waals surface area contributed by atoms with Crippen LogP contribution in [-0.4, -0.2) is 22.1 Å². The van der Waals surface area contributed by atoms with Gasteiger partial charge in [0.05, 0.1) is 40.5 Å². The summed E-state index contributed by atoms with van der Waals surface area (Å²) >= 11 is 17.9. The van der Waals surface area contributed by atoms with E-state index in [9.17, 15) is 19.7 Å². The number of aromatic nitrogens is 1. The van der Waals surface area contributed by atoms with Crippen molar-refractivity contribution >= 4 is 97.5 Å². The Kier molecular flexibility index (Phi) is 10.4. The Balaban J connectivity index is 1.58. The predicted octanol–water partition coefficient (Wildman–Crippen LogP) is 7.11. The molecule has 1 aliphatic heterocycles. The Morgan fingerprint density at radius 1 is 1.13 bits per heavy atom. The number of carbonyl (C=O) groups is 1. The second-order valence-corrected chi connectivity index (χ2v) is 14.1. The summed E-state index contributed by atoms with van der Waals surface area (Å²) in [7, 11) is 0. The minimum Gasteiger partial charge on any atom is -0.487 e. The molecule has 0 radical (unpaired) electrons. The molecule has 1 atom stereocenters. The number of carbonyl (C=O) groups excluding carboxylic acids is 1. The van der Waals surface area contributed by atoms with Gasteiger partial charge in [0.15, 0.2) is 4.80 Å². The number of halogens is 4. The first kappa shape index (κ1) is 33.6. The topological polar surface area (TPSA) is 113 Å². The van der Waals surface area contributed by atoms with E-state index >= 15 is 0 Å². The molecule has 1 aliphatic rings. The van der Waals surface area contributed by atoms with Gasteiger partial charge in [-0.25, -0.2) is 9.79 Å². The van der Waals surface area contributed by atoms with Crippen LogP contribution >= 0.6 is 79.7 Å². The number of nitro benzene ring substituents is 1. The highest BCUT2D eigenvalue weighted by Gasteiger charge is 2.34. The van der Waals surface area contributed by atoms with Crippen LogP contribution in [0.15, 0.2) is 69.6 Å². The molecule has 45 heavy (non-hydrogen) atoms. The molecule has 232 valence electrons. The average Bonchev–Trinajstić information content (AvgIpc) is 3.26. The molecular formula is C31H23Cl2I2N3O6S. The van der Waals surface area contributed by atoms with E-state index < -0.39 is 16.9 Å². The summed E-state index contributed by atoms with van der Waals surface area (Å²) in [5.74, 6) is 0.0392. The summed E-state index contributed by atoms with van der Waals surface area (Å²) in [4.78, 5) is 43.4. The molecule has 1 aromatic heterocycles. The van der Waals surface area contributed by atoms with Crippen LogP contribution in [-0.2, 0) is 16.1 Å². The molecule has 0 amide bonds. The highest BCUT2D eigenvalue weighted by atomic mass is 127. The third-order valence-corrected chi connectivity index (χ3v) is 10.1. The van der Waals surface area contributed by atoms with Gasteiger partial charge in [0.25, 0.3) is 11.2 Å². The zero-order valence-corrected chi connectivity index (χ0v) is 30.5. The van der Waals surface area contributed by atoms with Gasteiger partial charge >= 0.3 is 5.97 Å². The Labute approximate surface area is 298 Å². The monoisotopic (exact) mass is 889 g/mol. The van der Waals surface area contributed by atoms with E-state index in [1.165, 1.54) is 22.0 Å². The lowest BCUT2D eigenvalue weighted by Gasteiger charge is -2.24. The van der Waals surface area contributed by atoms with Crippen LogP contribution in [0.1, 0.15) is 42.1 Å². The number of aryl methyl sites for hydroxylation is 1. The number of hydrogen-bond donors (Lipinski definition) is 0. The van der Waals surface area contributed by atoms with E-state index in [1.807, 2.05) is 18.2 Å². The number of thiazole rings is 1. The van der Waals surface area contributed by atoms with Gasteiger partial charge in [-0.2, -0.15) is 0 Å². The second kappa shape index (κ2) is 13.9. The molecule has 3 aromatic carbocycles. The van der Waals surface area contributed by atoms with E-state index in [4.69, 9.17) is 32.7 Å². The number of ether oxygens (including phenoxy) is 2. The van der Waals surface area contributed by atoms with Gasteiger partial charge in [0.2, 0.25) is 0 Å². The summed E-state index contributed by atoms with van der Waals surface area (Å²) in [5.41, 5.74) is 2.45. The molecule has 4 aromatic rings. The van der Waals surface area contributed by atoms with E-state index in [0.29, 0.717) is 42.0 Å². The highest BCUT2D eigenvalue weighted by molar-refractivity contribution is 14.1. The maximum atomic E-state index is 14.0. The fourth-order valence-corrected chi connectivity index (χ4v) is 8.48. The minimum atomic E-state index is -0.961. The number of fused-ring (bicyclic) bond motifs is 1. The SMILES string of the molecule is CCOC(=O)C1=C(C)N=c2s/c(=C/c3cc(I)c(OCc4ccc(Cl)cc4Cl)c(I)c3)c(=O)n2[C@H]1c1ccc(C)c([N+](=O)[O-])c1. The van der Waals surface area contributed by atoms with Gasteiger partial charge in [-0.15, -0.1) is 0 Å². The summed E-state index contributed by atoms with van der Waals surface area (Å²) in [5, 5.41) is 12.8. The van der Waals surface area contributed by atoms with Gasteiger partial charge in [0, 0.05) is 27.2 Å². The second-order valence-electron chi connectivity index (χ2n) is 9.94. The van der Waals surface area contributed by atoms with Crippen molar-refractivity contribution in [2.24, 2.45) is 4.99 Å². The third-order valence-electron chi connectivity index (χ3n) is 6.97. The van der Waals surface area contributed by atoms with Crippen LogP contribution in [0.3, 0.4) is 0 Å². The van der Waals surface area contributed by atoms with Crippen molar-refractivity contribution in [1.29, 1.82) is 0 Å². The number of rotatable bonds is 8. The molecule has 0 spiro atoms. The number of nitrogens with zero attached hydrogens (tertiary/aromatic N) is 3. The smallest absolute Gasteiger partial charge is 0.338 e. The number of hydrogen-bond acceptors (Lipinski definition) is 8. The molecule has 0 N–H and O–H groups in total. The summed E-state index contributed by atoms with van der Waals surface area (Å²) in [6.07, 6.45) is 1.76. The number of benzene rings is 3. The van der Waals surface area contributed by atoms with Gasteiger partial charge in [-0.3, -0.25) is 19.5 Å². The van der Waals surface area contributed by atoms with Crippen LogP contribution in [0, 0.1) is 24.2 Å². The molecule has 9 nitrogen and oxygen atoms in total. The van der Waals surface area contributed by atoms with Crippen LogP contribution in [0.25, 0.3) is 6.08 Å². The van der Waals surface area contributed by atoms with Gasteiger partial charge < -0.3 is 9.47 Å². The molecule has 0 saturated heterocycles. The zero-order chi connectivity index (χ0) is 32.6. The van der Waals surface area contributed by atoms with Crippen molar-refractivity contribution in [2.75, 3.05) is 6.61 Å². The van der Waals surface area contributed by atoms with Crippen LogP contribution in [0.4, 0.5) is 5.69 Å². The van der Waals surface area contributed by atoms with Crippen molar-refractivity contribution in [3.05, 3.63) is 129 Å². The maximum absolute atomic E-state index is 14.0. The summed E-state index contributed by atoms with van der Waals surface area (Å²) < 4.78 is 14.9. The number of esters is 1. The Hall–Kier alpha value is -2.79. The molecule has 5 rings (SSSR count). The molecule has 0 unspecified atom stereocenters. The zero-order valence-electron chi connectivity index (χ0n) is 23.9. The first-order chi connectivity index (χ1) is 21.4. The van der Waals surface area contributed by atoms with Crippen molar-refractivity contribution in [3.8, 4) is 5.75 Å². The Bertz CT molecular complexity index is 2070. The Morgan fingerprint density at radius 2 is 1.84 bits per heavy atom. The average molecular weight is 890 g/mol. The lowest BCUT2D eigenvalue weighted by atomic mass is 9.94. The van der Waals surface area contributed by atoms with Crippen molar-refractivity contribution in [2.45, 2.75) is 33.4 Å². The number of allylic oxidation sites excluding steroid dienone is 1. The molecule has 0 saturated carbocycles. The number of nitro groups is 1. The predicted molar refractivity (Wildman–Crippen MR) is 191 cm³/mol. The van der Waals surface area contributed by atoms with Crippen molar-refractivity contribution < 1.29 is 19.2 Å². The third kappa shape index (κ3) is 6.99. The van der Waals surface area contributed by atoms with Crippen LogP contribution in [0.2, 0.25) is 10.0 Å². The molecule has 2 heterocycles. The van der Waals surface area contributed by atoms with E-state index in [1.54, 1.807) is 51.1 Å². The van der Waals surface area contributed by atoms with Crippen molar-refractivity contribution in [1.82, 2.24) is 4.57 Å². The summed E-state index contributed by atoms with van der Waals surface area (Å²) in [6.45, 7) is 5.34. The first-order valence-electron chi connectivity index (χ1n) is 13.4. The molecule has 0 aliphatic carbocycles. The first-order valence-corrected chi connectivity index (χ1v) is 17.1. The van der Waals surface area contributed by atoms with Gasteiger partial charge in [0.1, 0.15) is 12.4 Å². The maximum Gasteiger partial charge on any atom is 0.338 e. The standard InChI is InChI=1S/C31H23Cl2I2N3O6S/c1-4-43-30(40)26-16(3)36-31-37(27(26)18-6-5-15(2)24(12-18)38(41)42)29(39)25(45-31)11-17-9-22(34)28(23(35)10-17)44-14-19-7-8-20(32)13-21(19)33/h5-13,27H,4,14H2,1-3H3/b25-11+/t27-/m0/s1. The van der Waals surface area contributed by atoms with Gasteiger partial charge in [-0.1, -0.05) is 52.7 Å². The molecule has 14 heteroatoms. The molecule has 0 bridgehead atoms.